The maximum atomic E-state index is 3.60. The van der Waals surface area contributed by atoms with Crippen LogP contribution in [0.25, 0.3) is 11.8 Å². The fourth-order valence-corrected chi connectivity index (χ4v) is 2.97. The number of hydrogen-bond donors (Lipinski definition) is 1. The van der Waals surface area contributed by atoms with Crippen molar-refractivity contribution in [2.45, 2.75) is 13.0 Å². The maximum Gasteiger partial charge on any atom is 0.0780 e. The molecule has 1 atom stereocenters. The number of benzene rings is 2. The van der Waals surface area contributed by atoms with Crippen LogP contribution in [0.1, 0.15) is 33.9 Å². The van der Waals surface area contributed by atoms with Crippen LogP contribution in [0.3, 0.4) is 0 Å². The van der Waals surface area contributed by atoms with Crippen LogP contribution < -0.4 is 5.32 Å². The molecule has 1 heteroatoms. The Kier molecular flexibility index (Phi) is 1.60. The van der Waals surface area contributed by atoms with E-state index in [0.717, 1.165) is 0 Å². The first-order chi connectivity index (χ1) is 8.34. The highest BCUT2D eigenvalue weighted by molar-refractivity contribution is 5.90. The highest BCUT2D eigenvalue weighted by Gasteiger charge is 2.31. The molecular weight excluding hydrogens is 206 g/mol. The third-order valence-electron chi connectivity index (χ3n) is 3.82. The van der Waals surface area contributed by atoms with Crippen molar-refractivity contribution in [3.8, 4) is 0 Å². The van der Waals surface area contributed by atoms with Crippen LogP contribution in [0.4, 0.5) is 0 Å². The normalized spacial score (nSPS) is 19.1. The van der Waals surface area contributed by atoms with Gasteiger partial charge in [0.1, 0.15) is 0 Å². The molecule has 82 valence electrons. The lowest BCUT2D eigenvalue weighted by atomic mass is 9.93. The zero-order valence-corrected chi connectivity index (χ0v) is 9.70. The van der Waals surface area contributed by atoms with Crippen LogP contribution in [-0.4, -0.2) is 0 Å². The van der Waals surface area contributed by atoms with Crippen molar-refractivity contribution >= 4 is 11.8 Å². The van der Waals surface area contributed by atoms with E-state index >= 15 is 0 Å². The molecule has 1 nitrogen and oxygen atoms in total. The molecule has 2 aliphatic heterocycles. The first kappa shape index (κ1) is 9.06. The van der Waals surface area contributed by atoms with Crippen LogP contribution in [0.2, 0.25) is 0 Å². The molecule has 1 N–H and O–H groups in total. The zero-order valence-electron chi connectivity index (χ0n) is 9.70. The van der Waals surface area contributed by atoms with Crippen molar-refractivity contribution in [3.05, 3.63) is 70.3 Å². The fraction of sp³-hybridized carbons (Fsp3) is 0.125. The second-order valence-electron chi connectivity index (χ2n) is 4.80. The highest BCUT2D eigenvalue weighted by atomic mass is 15.0. The summed E-state index contributed by atoms with van der Waals surface area (Å²) >= 11 is 0. The third-order valence-corrected chi connectivity index (χ3v) is 3.82. The lowest BCUT2D eigenvalue weighted by molar-refractivity contribution is 0.773. The predicted molar refractivity (Wildman–Crippen MR) is 70.5 cm³/mol. The van der Waals surface area contributed by atoms with E-state index < -0.39 is 0 Å². The van der Waals surface area contributed by atoms with Crippen LogP contribution in [0, 0.1) is 6.92 Å². The topological polar surface area (TPSA) is 12.0 Å². The number of aryl methyl sites for hydroxylation is 1. The van der Waals surface area contributed by atoms with E-state index in [-0.39, 0.29) is 0 Å². The highest BCUT2D eigenvalue weighted by Crippen LogP contribution is 2.43. The third kappa shape index (κ3) is 1.09. The van der Waals surface area contributed by atoms with E-state index in [1.807, 2.05) is 0 Å². The monoisotopic (exact) mass is 219 g/mol. The van der Waals surface area contributed by atoms with E-state index in [1.165, 1.54) is 33.5 Å². The van der Waals surface area contributed by atoms with Gasteiger partial charge in [-0.05, 0) is 35.3 Å². The van der Waals surface area contributed by atoms with E-state index in [0.29, 0.717) is 6.04 Å². The molecule has 0 saturated heterocycles. The smallest absolute Gasteiger partial charge is 0.0780 e. The number of fused-ring (bicyclic) bond motifs is 7. The maximum absolute atomic E-state index is 3.60. The van der Waals surface area contributed by atoms with E-state index in [2.05, 4.69) is 60.8 Å². The average molecular weight is 219 g/mol. The molecule has 0 saturated carbocycles. The lowest BCUT2D eigenvalue weighted by Gasteiger charge is -2.21. The van der Waals surface area contributed by atoms with Gasteiger partial charge in [-0.1, -0.05) is 42.5 Å². The van der Waals surface area contributed by atoms with Crippen LogP contribution in [-0.2, 0) is 0 Å². The summed E-state index contributed by atoms with van der Waals surface area (Å²) in [5.74, 6) is 0. The minimum absolute atomic E-state index is 0.348. The van der Waals surface area contributed by atoms with Crippen LogP contribution in [0.15, 0.2) is 42.5 Å². The summed E-state index contributed by atoms with van der Waals surface area (Å²) in [6, 6.07) is 15.6. The molecule has 0 radical (unpaired) electrons. The molecule has 4 rings (SSSR count). The summed E-state index contributed by atoms with van der Waals surface area (Å²) in [4.78, 5) is 0. The summed E-state index contributed by atoms with van der Waals surface area (Å²) in [6.45, 7) is 2.19. The summed E-state index contributed by atoms with van der Waals surface area (Å²) in [5.41, 5.74) is 8.18. The molecule has 1 unspecified atom stereocenters. The van der Waals surface area contributed by atoms with Crippen molar-refractivity contribution in [1.29, 1.82) is 0 Å². The molecular formula is C16H13N. The average Bonchev–Trinajstić information content (AvgIpc) is 2.66. The molecule has 2 heterocycles. The Hall–Kier alpha value is -2.02. The SMILES string of the molecule is Cc1cccc2c1C=C1NC2c2ccccc21. The summed E-state index contributed by atoms with van der Waals surface area (Å²) in [7, 11) is 0. The van der Waals surface area contributed by atoms with E-state index in [4.69, 9.17) is 0 Å². The van der Waals surface area contributed by atoms with Crippen molar-refractivity contribution in [1.82, 2.24) is 5.32 Å². The number of hydrogen-bond acceptors (Lipinski definition) is 1. The van der Waals surface area contributed by atoms with Gasteiger partial charge in [0.05, 0.1) is 6.04 Å². The second-order valence-corrected chi connectivity index (χ2v) is 4.80. The minimum Gasteiger partial charge on any atom is -0.374 e. The van der Waals surface area contributed by atoms with Crippen molar-refractivity contribution in [2.75, 3.05) is 0 Å². The van der Waals surface area contributed by atoms with Gasteiger partial charge >= 0.3 is 0 Å². The molecule has 2 aromatic rings. The molecule has 0 spiro atoms. The van der Waals surface area contributed by atoms with Crippen LogP contribution in [0.5, 0.6) is 0 Å². The van der Waals surface area contributed by atoms with Gasteiger partial charge in [0.15, 0.2) is 0 Å². The Morgan fingerprint density at radius 3 is 2.71 bits per heavy atom. The number of nitrogens with one attached hydrogen (secondary N) is 1. The first-order valence-electron chi connectivity index (χ1n) is 6.01. The molecule has 2 aromatic carbocycles. The van der Waals surface area contributed by atoms with Gasteiger partial charge in [0, 0.05) is 11.3 Å². The van der Waals surface area contributed by atoms with Gasteiger partial charge in [-0.2, -0.15) is 0 Å². The Morgan fingerprint density at radius 1 is 0.941 bits per heavy atom. The summed E-state index contributed by atoms with van der Waals surface area (Å²) in [5, 5.41) is 3.60. The van der Waals surface area contributed by atoms with Gasteiger partial charge in [0.2, 0.25) is 0 Å². The van der Waals surface area contributed by atoms with Gasteiger partial charge < -0.3 is 5.32 Å². The van der Waals surface area contributed by atoms with E-state index in [1.54, 1.807) is 0 Å². The molecule has 2 aliphatic rings. The summed E-state index contributed by atoms with van der Waals surface area (Å²) < 4.78 is 0. The van der Waals surface area contributed by atoms with Gasteiger partial charge in [-0.3, -0.25) is 0 Å². The van der Waals surface area contributed by atoms with Gasteiger partial charge in [0.25, 0.3) is 0 Å². The number of rotatable bonds is 0. The Morgan fingerprint density at radius 2 is 1.76 bits per heavy atom. The minimum atomic E-state index is 0.348. The van der Waals surface area contributed by atoms with Crippen molar-refractivity contribution < 1.29 is 0 Å². The Labute approximate surface area is 101 Å². The molecule has 0 aliphatic carbocycles. The Bertz CT molecular complexity index is 652. The Balaban J connectivity index is 2.07. The molecule has 2 bridgehead atoms. The molecule has 17 heavy (non-hydrogen) atoms. The predicted octanol–water partition coefficient (Wildman–Crippen LogP) is 3.50. The standard InChI is InChI=1S/C16H13N/c1-10-5-4-8-13-14(10)9-15-11-6-2-3-7-12(11)16(13)17-15/h2-9,16-17H,1H3. The quantitative estimate of drug-likeness (QED) is 0.715. The first-order valence-corrected chi connectivity index (χ1v) is 6.01. The second kappa shape index (κ2) is 3.01. The van der Waals surface area contributed by atoms with Crippen LogP contribution >= 0.6 is 0 Å². The largest absolute Gasteiger partial charge is 0.374 e. The fourth-order valence-electron chi connectivity index (χ4n) is 2.97. The molecule has 0 amide bonds. The van der Waals surface area contributed by atoms with Crippen molar-refractivity contribution in [2.24, 2.45) is 0 Å². The van der Waals surface area contributed by atoms with Crippen molar-refractivity contribution in [3.63, 3.8) is 0 Å². The summed E-state index contributed by atoms with van der Waals surface area (Å²) in [6.07, 6.45) is 2.28. The molecule has 0 aromatic heterocycles. The van der Waals surface area contributed by atoms with E-state index in [9.17, 15) is 0 Å². The molecule has 0 fully saturated rings. The van der Waals surface area contributed by atoms with Gasteiger partial charge in [-0.15, -0.1) is 0 Å². The lowest BCUT2D eigenvalue weighted by Crippen LogP contribution is -2.17. The zero-order chi connectivity index (χ0) is 11.4. The van der Waals surface area contributed by atoms with Gasteiger partial charge in [-0.25, -0.2) is 0 Å².